The van der Waals surface area contributed by atoms with Crippen molar-refractivity contribution in [2.75, 3.05) is 25.6 Å². The molecule has 1 amide bonds. The van der Waals surface area contributed by atoms with E-state index in [1.807, 2.05) is 49.4 Å². The summed E-state index contributed by atoms with van der Waals surface area (Å²) < 4.78 is 16.6. The number of hydrogen-bond acceptors (Lipinski definition) is 4. The van der Waals surface area contributed by atoms with Crippen LogP contribution in [0.5, 0.6) is 17.2 Å². The number of unbranched alkanes of at least 4 members (excludes halogenated alkanes) is 1. The first-order valence-electron chi connectivity index (χ1n) is 9.19. The Morgan fingerprint density at radius 1 is 1.04 bits per heavy atom. The van der Waals surface area contributed by atoms with Gasteiger partial charge in [-0.15, -0.1) is 0 Å². The van der Waals surface area contributed by atoms with Crippen LogP contribution in [0.15, 0.2) is 48.5 Å². The molecule has 5 heteroatoms. The molecule has 0 atom stereocenters. The minimum atomic E-state index is -0.227. The van der Waals surface area contributed by atoms with Gasteiger partial charge in [0.1, 0.15) is 5.75 Å². The van der Waals surface area contributed by atoms with E-state index in [2.05, 4.69) is 12.2 Å². The third kappa shape index (κ3) is 6.37. The van der Waals surface area contributed by atoms with Crippen LogP contribution < -0.4 is 19.5 Å². The molecule has 0 unspecified atom stereocenters. The van der Waals surface area contributed by atoms with Gasteiger partial charge in [-0.2, -0.15) is 0 Å². The van der Waals surface area contributed by atoms with Crippen molar-refractivity contribution in [2.45, 2.75) is 26.7 Å². The first-order chi connectivity index (χ1) is 13.2. The Bertz CT molecular complexity index is 771. The topological polar surface area (TPSA) is 56.8 Å². The van der Waals surface area contributed by atoms with Gasteiger partial charge in [0.05, 0.1) is 26.0 Å². The molecule has 0 saturated heterocycles. The highest BCUT2D eigenvalue weighted by molar-refractivity contribution is 6.02. The summed E-state index contributed by atoms with van der Waals surface area (Å²) in [6.45, 7) is 5.22. The van der Waals surface area contributed by atoms with Gasteiger partial charge in [0.15, 0.2) is 11.5 Å². The number of methoxy groups -OCH3 is 1. The van der Waals surface area contributed by atoms with E-state index < -0.39 is 0 Å². The summed E-state index contributed by atoms with van der Waals surface area (Å²) in [5.41, 5.74) is 1.51. The number of amides is 1. The third-order valence-corrected chi connectivity index (χ3v) is 3.82. The maximum absolute atomic E-state index is 12.3. The smallest absolute Gasteiger partial charge is 0.248 e. The SMILES string of the molecule is CCCCOc1ccccc1NC(=O)/C=C/c1ccc(OCC)c(OC)c1. The van der Waals surface area contributed by atoms with Gasteiger partial charge in [0, 0.05) is 6.08 Å². The number of carbonyl (C=O) groups is 1. The summed E-state index contributed by atoms with van der Waals surface area (Å²) in [4.78, 5) is 12.3. The van der Waals surface area contributed by atoms with Crippen LogP contribution in [0.4, 0.5) is 5.69 Å². The monoisotopic (exact) mass is 369 g/mol. The molecule has 0 saturated carbocycles. The highest BCUT2D eigenvalue weighted by atomic mass is 16.5. The van der Waals surface area contributed by atoms with Gasteiger partial charge in [-0.05, 0) is 49.2 Å². The average molecular weight is 369 g/mol. The molecule has 0 fully saturated rings. The van der Waals surface area contributed by atoms with Gasteiger partial charge in [-0.25, -0.2) is 0 Å². The Hall–Kier alpha value is -2.95. The van der Waals surface area contributed by atoms with Crippen LogP contribution in [0.25, 0.3) is 6.08 Å². The van der Waals surface area contributed by atoms with E-state index in [9.17, 15) is 4.79 Å². The molecule has 2 rings (SSSR count). The van der Waals surface area contributed by atoms with Crippen molar-refractivity contribution in [3.63, 3.8) is 0 Å². The van der Waals surface area contributed by atoms with Gasteiger partial charge in [0.25, 0.3) is 0 Å². The first-order valence-corrected chi connectivity index (χ1v) is 9.19. The van der Waals surface area contributed by atoms with E-state index in [0.717, 1.165) is 18.4 Å². The second kappa shape index (κ2) is 10.9. The van der Waals surface area contributed by atoms with Crippen molar-refractivity contribution >= 4 is 17.7 Å². The Labute approximate surface area is 161 Å². The van der Waals surface area contributed by atoms with Crippen molar-refractivity contribution in [2.24, 2.45) is 0 Å². The van der Waals surface area contributed by atoms with E-state index in [4.69, 9.17) is 14.2 Å². The second-order valence-electron chi connectivity index (χ2n) is 5.86. The number of benzene rings is 2. The zero-order valence-electron chi connectivity index (χ0n) is 16.2. The molecule has 0 aliphatic carbocycles. The van der Waals surface area contributed by atoms with Crippen molar-refractivity contribution < 1.29 is 19.0 Å². The molecule has 2 aromatic carbocycles. The Kier molecular flexibility index (Phi) is 8.23. The average Bonchev–Trinajstić information content (AvgIpc) is 2.69. The number of nitrogens with one attached hydrogen (secondary N) is 1. The van der Waals surface area contributed by atoms with Crippen LogP contribution in [0, 0.1) is 0 Å². The molecule has 27 heavy (non-hydrogen) atoms. The molecule has 2 aromatic rings. The fraction of sp³-hybridized carbons (Fsp3) is 0.318. The molecule has 1 N–H and O–H groups in total. The number of ether oxygens (including phenoxy) is 3. The van der Waals surface area contributed by atoms with Gasteiger partial charge in [-0.3, -0.25) is 4.79 Å². The van der Waals surface area contributed by atoms with Crippen molar-refractivity contribution in [3.05, 3.63) is 54.1 Å². The molecule has 0 radical (unpaired) electrons. The van der Waals surface area contributed by atoms with E-state index in [-0.39, 0.29) is 5.91 Å². The Morgan fingerprint density at radius 2 is 1.85 bits per heavy atom. The lowest BCUT2D eigenvalue weighted by atomic mass is 10.2. The van der Waals surface area contributed by atoms with Crippen LogP contribution >= 0.6 is 0 Å². The fourth-order valence-electron chi connectivity index (χ4n) is 2.43. The molecule has 0 aromatic heterocycles. The standard InChI is InChI=1S/C22H27NO4/c1-4-6-15-27-19-10-8-7-9-18(19)23-22(24)14-12-17-11-13-20(26-5-2)21(16-17)25-3/h7-14,16H,4-6,15H2,1-3H3,(H,23,24)/b14-12+. The van der Waals surface area contributed by atoms with Crippen LogP contribution in [0.1, 0.15) is 32.3 Å². The largest absolute Gasteiger partial charge is 0.493 e. The zero-order chi connectivity index (χ0) is 19.5. The molecule has 5 nitrogen and oxygen atoms in total. The predicted molar refractivity (Wildman–Crippen MR) is 109 cm³/mol. The Morgan fingerprint density at radius 3 is 2.59 bits per heavy atom. The maximum atomic E-state index is 12.3. The van der Waals surface area contributed by atoms with Gasteiger partial charge in [-0.1, -0.05) is 31.5 Å². The first kappa shape index (κ1) is 20.4. The summed E-state index contributed by atoms with van der Waals surface area (Å²) in [7, 11) is 1.59. The lowest BCUT2D eigenvalue weighted by Crippen LogP contribution is -2.09. The van der Waals surface area contributed by atoms with Crippen molar-refractivity contribution in [1.29, 1.82) is 0 Å². The zero-order valence-corrected chi connectivity index (χ0v) is 16.2. The highest BCUT2D eigenvalue weighted by Crippen LogP contribution is 2.28. The van der Waals surface area contributed by atoms with E-state index in [1.165, 1.54) is 6.08 Å². The molecule has 0 aliphatic heterocycles. The van der Waals surface area contributed by atoms with Crippen molar-refractivity contribution in [3.8, 4) is 17.2 Å². The molecular weight excluding hydrogens is 342 g/mol. The van der Waals surface area contributed by atoms with Crippen LogP contribution in [0.2, 0.25) is 0 Å². The summed E-state index contributed by atoms with van der Waals surface area (Å²) in [6, 6.07) is 13.0. The molecule has 0 aliphatic rings. The molecule has 0 heterocycles. The minimum absolute atomic E-state index is 0.227. The third-order valence-electron chi connectivity index (χ3n) is 3.82. The molecule has 144 valence electrons. The summed E-state index contributed by atoms with van der Waals surface area (Å²) >= 11 is 0. The lowest BCUT2D eigenvalue weighted by Gasteiger charge is -2.11. The summed E-state index contributed by atoms with van der Waals surface area (Å²) in [5.74, 6) is 1.76. The van der Waals surface area contributed by atoms with E-state index >= 15 is 0 Å². The van der Waals surface area contributed by atoms with Gasteiger partial charge < -0.3 is 19.5 Å². The van der Waals surface area contributed by atoms with Gasteiger partial charge in [0.2, 0.25) is 5.91 Å². The second-order valence-corrected chi connectivity index (χ2v) is 5.86. The van der Waals surface area contributed by atoms with Crippen LogP contribution in [-0.4, -0.2) is 26.2 Å². The van der Waals surface area contributed by atoms with Gasteiger partial charge >= 0.3 is 0 Å². The van der Waals surface area contributed by atoms with Crippen molar-refractivity contribution in [1.82, 2.24) is 0 Å². The molecule has 0 spiro atoms. The minimum Gasteiger partial charge on any atom is -0.493 e. The normalized spacial score (nSPS) is 10.6. The number of carbonyl (C=O) groups excluding carboxylic acids is 1. The number of hydrogen-bond donors (Lipinski definition) is 1. The molecule has 0 bridgehead atoms. The number of anilines is 1. The van der Waals surface area contributed by atoms with E-state index in [1.54, 1.807) is 13.2 Å². The predicted octanol–water partition coefficient (Wildman–Crippen LogP) is 4.92. The molecular formula is C22H27NO4. The number of rotatable bonds is 10. The fourth-order valence-corrected chi connectivity index (χ4v) is 2.43. The highest BCUT2D eigenvalue weighted by Gasteiger charge is 2.06. The quantitative estimate of drug-likeness (QED) is 0.477. The summed E-state index contributed by atoms with van der Waals surface area (Å²) in [5, 5.41) is 2.86. The summed E-state index contributed by atoms with van der Waals surface area (Å²) in [6.07, 6.45) is 5.25. The lowest BCUT2D eigenvalue weighted by molar-refractivity contribution is -0.111. The number of para-hydroxylation sites is 2. The van der Waals surface area contributed by atoms with E-state index in [0.29, 0.717) is 36.1 Å². The Balaban J connectivity index is 2.03. The van der Waals surface area contributed by atoms with Crippen LogP contribution in [0.3, 0.4) is 0 Å². The van der Waals surface area contributed by atoms with Crippen LogP contribution in [-0.2, 0) is 4.79 Å². The maximum Gasteiger partial charge on any atom is 0.248 e.